The van der Waals surface area contributed by atoms with Crippen LogP contribution in [0.1, 0.15) is 28.3 Å². The van der Waals surface area contributed by atoms with Gasteiger partial charge in [-0.25, -0.2) is 4.79 Å². The molecular weight excluding hydrogens is 356 g/mol. The van der Waals surface area contributed by atoms with E-state index in [2.05, 4.69) is 10.6 Å². The standard InChI is InChI=1S/C21H26N4O3/c1-13-10-14(2)18(15(3)11-13)23-17(26)12-25(4)19(20(27)24-21(22)28)16-8-6-5-7-9-16/h5-11,19H,12H2,1-4H3,(H,23,26)(H3,22,24,27,28). The highest BCUT2D eigenvalue weighted by Gasteiger charge is 2.27. The summed E-state index contributed by atoms with van der Waals surface area (Å²) >= 11 is 0. The number of rotatable bonds is 6. The minimum atomic E-state index is -0.935. The molecule has 0 saturated carbocycles. The van der Waals surface area contributed by atoms with Crippen LogP contribution >= 0.6 is 0 Å². The number of anilines is 1. The van der Waals surface area contributed by atoms with Gasteiger partial charge in [-0.1, -0.05) is 48.0 Å². The first-order valence-electron chi connectivity index (χ1n) is 8.92. The third kappa shape index (κ3) is 5.40. The van der Waals surface area contributed by atoms with Gasteiger partial charge in [-0.3, -0.25) is 19.8 Å². The lowest BCUT2D eigenvalue weighted by molar-refractivity contribution is -0.126. The van der Waals surface area contributed by atoms with Crippen molar-refractivity contribution in [1.29, 1.82) is 0 Å². The Morgan fingerprint density at radius 1 is 1.04 bits per heavy atom. The number of carbonyl (C=O) groups is 3. The third-order valence-corrected chi connectivity index (χ3v) is 4.39. The molecule has 0 aliphatic rings. The molecule has 2 aromatic rings. The number of primary amides is 1. The number of carbonyl (C=O) groups excluding carboxylic acids is 3. The highest BCUT2D eigenvalue weighted by Crippen LogP contribution is 2.23. The zero-order valence-corrected chi connectivity index (χ0v) is 16.6. The van der Waals surface area contributed by atoms with E-state index in [1.54, 1.807) is 36.2 Å². The lowest BCUT2D eigenvalue weighted by atomic mass is 10.0. The predicted molar refractivity (Wildman–Crippen MR) is 109 cm³/mol. The van der Waals surface area contributed by atoms with Crippen LogP contribution in [0.5, 0.6) is 0 Å². The molecule has 0 heterocycles. The summed E-state index contributed by atoms with van der Waals surface area (Å²) in [6.45, 7) is 5.83. The second-order valence-corrected chi connectivity index (χ2v) is 6.90. The van der Waals surface area contributed by atoms with Gasteiger partial charge in [-0.2, -0.15) is 0 Å². The molecule has 7 heteroatoms. The van der Waals surface area contributed by atoms with Gasteiger partial charge in [0.2, 0.25) is 11.8 Å². The van der Waals surface area contributed by atoms with Crippen LogP contribution in [0.15, 0.2) is 42.5 Å². The quantitative estimate of drug-likeness (QED) is 0.713. The van der Waals surface area contributed by atoms with Gasteiger partial charge in [0.1, 0.15) is 6.04 Å². The Hall–Kier alpha value is -3.19. The van der Waals surface area contributed by atoms with E-state index < -0.39 is 18.0 Å². The molecule has 2 rings (SSSR count). The molecule has 7 nitrogen and oxygen atoms in total. The Morgan fingerprint density at radius 3 is 2.14 bits per heavy atom. The molecule has 2 aromatic carbocycles. The lowest BCUT2D eigenvalue weighted by Gasteiger charge is -2.26. The lowest BCUT2D eigenvalue weighted by Crippen LogP contribution is -2.45. The first kappa shape index (κ1) is 21.1. The first-order chi connectivity index (χ1) is 13.2. The Kier molecular flexibility index (Phi) is 6.89. The molecule has 0 radical (unpaired) electrons. The van der Waals surface area contributed by atoms with Crippen molar-refractivity contribution in [1.82, 2.24) is 10.2 Å². The maximum atomic E-state index is 12.6. The van der Waals surface area contributed by atoms with Gasteiger partial charge in [0.15, 0.2) is 0 Å². The van der Waals surface area contributed by atoms with E-state index in [9.17, 15) is 14.4 Å². The number of urea groups is 1. The van der Waals surface area contributed by atoms with Gasteiger partial charge in [0.05, 0.1) is 6.54 Å². The van der Waals surface area contributed by atoms with E-state index >= 15 is 0 Å². The van der Waals surface area contributed by atoms with Crippen LogP contribution in [0, 0.1) is 20.8 Å². The molecule has 4 amide bonds. The number of likely N-dealkylation sites (N-methyl/N-ethyl adjacent to an activating group) is 1. The number of nitrogens with one attached hydrogen (secondary N) is 2. The van der Waals surface area contributed by atoms with Crippen molar-refractivity contribution in [2.24, 2.45) is 5.73 Å². The van der Waals surface area contributed by atoms with Crippen molar-refractivity contribution in [2.45, 2.75) is 26.8 Å². The second kappa shape index (κ2) is 9.14. The summed E-state index contributed by atoms with van der Waals surface area (Å²) in [5.41, 5.74) is 9.57. The third-order valence-electron chi connectivity index (χ3n) is 4.39. The Morgan fingerprint density at radius 2 is 1.61 bits per heavy atom. The van der Waals surface area contributed by atoms with Gasteiger partial charge in [-0.15, -0.1) is 0 Å². The molecule has 1 atom stereocenters. The Labute approximate surface area is 164 Å². The number of nitrogens with two attached hydrogens (primary N) is 1. The van der Waals surface area contributed by atoms with Crippen molar-refractivity contribution in [3.8, 4) is 0 Å². The molecule has 4 N–H and O–H groups in total. The number of imide groups is 1. The van der Waals surface area contributed by atoms with Crippen molar-refractivity contribution in [3.63, 3.8) is 0 Å². The fraction of sp³-hybridized carbons (Fsp3) is 0.286. The van der Waals surface area contributed by atoms with Crippen molar-refractivity contribution >= 4 is 23.5 Å². The first-order valence-corrected chi connectivity index (χ1v) is 8.92. The zero-order valence-electron chi connectivity index (χ0n) is 16.6. The highest BCUT2D eigenvalue weighted by molar-refractivity contribution is 5.98. The second-order valence-electron chi connectivity index (χ2n) is 6.90. The fourth-order valence-electron chi connectivity index (χ4n) is 3.31. The van der Waals surface area contributed by atoms with E-state index in [1.807, 2.05) is 39.0 Å². The number of hydrogen-bond acceptors (Lipinski definition) is 4. The minimum absolute atomic E-state index is 0.0432. The van der Waals surface area contributed by atoms with E-state index in [0.29, 0.717) is 5.56 Å². The largest absolute Gasteiger partial charge is 0.351 e. The molecule has 28 heavy (non-hydrogen) atoms. The van der Waals surface area contributed by atoms with Crippen LogP contribution < -0.4 is 16.4 Å². The van der Waals surface area contributed by atoms with Gasteiger partial charge in [0, 0.05) is 5.69 Å². The number of benzene rings is 2. The summed E-state index contributed by atoms with van der Waals surface area (Å²) in [4.78, 5) is 37.8. The van der Waals surface area contributed by atoms with E-state index in [-0.39, 0.29) is 12.5 Å². The minimum Gasteiger partial charge on any atom is -0.351 e. The smallest absolute Gasteiger partial charge is 0.318 e. The number of hydrogen-bond donors (Lipinski definition) is 3. The molecule has 0 spiro atoms. The number of aryl methyl sites for hydroxylation is 3. The molecule has 0 aromatic heterocycles. The normalized spacial score (nSPS) is 11.8. The summed E-state index contributed by atoms with van der Waals surface area (Å²) in [7, 11) is 1.65. The number of nitrogens with zero attached hydrogens (tertiary/aromatic N) is 1. The summed E-state index contributed by atoms with van der Waals surface area (Å²) in [5.74, 6) is -0.845. The maximum Gasteiger partial charge on any atom is 0.318 e. The summed E-state index contributed by atoms with van der Waals surface area (Å²) in [6, 6.07) is 11.1. The van der Waals surface area contributed by atoms with E-state index in [4.69, 9.17) is 5.73 Å². The van der Waals surface area contributed by atoms with Crippen molar-refractivity contribution in [3.05, 3.63) is 64.7 Å². The monoisotopic (exact) mass is 382 g/mol. The Bertz CT molecular complexity index is 857. The van der Waals surface area contributed by atoms with Crippen LogP contribution in [0.4, 0.5) is 10.5 Å². The van der Waals surface area contributed by atoms with Crippen LogP contribution in [0.3, 0.4) is 0 Å². The molecular formula is C21H26N4O3. The van der Waals surface area contributed by atoms with Gasteiger partial charge < -0.3 is 11.1 Å². The van der Waals surface area contributed by atoms with Crippen LogP contribution in [0.2, 0.25) is 0 Å². The van der Waals surface area contributed by atoms with Gasteiger partial charge in [0.25, 0.3) is 0 Å². The molecule has 0 aliphatic heterocycles. The van der Waals surface area contributed by atoms with E-state index in [1.165, 1.54) is 0 Å². The predicted octanol–water partition coefficient (Wildman–Crippen LogP) is 2.42. The molecule has 1 unspecified atom stereocenters. The Balaban J connectivity index is 2.18. The summed E-state index contributed by atoms with van der Waals surface area (Å²) in [6.07, 6.45) is 0. The zero-order chi connectivity index (χ0) is 20.8. The summed E-state index contributed by atoms with van der Waals surface area (Å²) < 4.78 is 0. The van der Waals surface area contributed by atoms with Crippen LogP contribution in [-0.2, 0) is 9.59 Å². The summed E-state index contributed by atoms with van der Waals surface area (Å²) in [5, 5.41) is 5.01. The fourth-order valence-corrected chi connectivity index (χ4v) is 3.31. The maximum absolute atomic E-state index is 12.6. The molecule has 0 aliphatic carbocycles. The van der Waals surface area contributed by atoms with Gasteiger partial charge in [-0.05, 0) is 44.5 Å². The van der Waals surface area contributed by atoms with Gasteiger partial charge >= 0.3 is 6.03 Å². The van der Waals surface area contributed by atoms with Crippen molar-refractivity contribution < 1.29 is 14.4 Å². The molecule has 0 bridgehead atoms. The van der Waals surface area contributed by atoms with Crippen LogP contribution in [0.25, 0.3) is 0 Å². The van der Waals surface area contributed by atoms with E-state index in [0.717, 1.165) is 22.4 Å². The number of amides is 4. The topological polar surface area (TPSA) is 105 Å². The molecule has 0 fully saturated rings. The molecule has 148 valence electrons. The SMILES string of the molecule is Cc1cc(C)c(NC(=O)CN(C)C(C(=O)NC(N)=O)c2ccccc2)c(C)c1. The average molecular weight is 382 g/mol. The van der Waals surface area contributed by atoms with Crippen molar-refractivity contribution in [2.75, 3.05) is 18.9 Å². The highest BCUT2D eigenvalue weighted by atomic mass is 16.2. The molecule has 0 saturated heterocycles. The average Bonchev–Trinajstić information content (AvgIpc) is 2.58. The van der Waals surface area contributed by atoms with Crippen LogP contribution in [-0.4, -0.2) is 36.3 Å².